The van der Waals surface area contributed by atoms with E-state index in [1.54, 1.807) is 17.5 Å². The lowest BCUT2D eigenvalue weighted by atomic mass is 10.1. The smallest absolute Gasteiger partial charge is 0.416 e. The van der Waals surface area contributed by atoms with Crippen molar-refractivity contribution < 1.29 is 27.5 Å². The monoisotopic (exact) mass is 463 g/mol. The molecule has 1 aromatic heterocycles. The Morgan fingerprint density at radius 2 is 1.62 bits per heavy atom. The molecule has 168 valence electrons. The molecule has 10 heteroatoms. The Kier molecular flexibility index (Phi) is 7.14. The van der Waals surface area contributed by atoms with Crippen molar-refractivity contribution in [2.24, 2.45) is 0 Å². The summed E-state index contributed by atoms with van der Waals surface area (Å²) in [5.41, 5.74) is 6.78. The molecule has 0 saturated heterocycles. The summed E-state index contributed by atoms with van der Waals surface area (Å²) >= 11 is 1.21. The van der Waals surface area contributed by atoms with Gasteiger partial charge in [0.1, 0.15) is 10.8 Å². The SMILES string of the molecule is Cc1cc(C)cc(OCC(=O)NNC(=O)Cc2csc(-c3ccc(C(F)(F)F)cc3)n2)c1. The molecule has 0 spiro atoms. The number of ether oxygens (including phenoxy) is 1. The molecule has 0 aliphatic carbocycles. The number of benzene rings is 2. The number of nitrogens with one attached hydrogen (secondary N) is 2. The first-order valence-corrected chi connectivity index (χ1v) is 10.4. The second-order valence-corrected chi connectivity index (χ2v) is 7.96. The van der Waals surface area contributed by atoms with E-state index in [-0.39, 0.29) is 13.0 Å². The number of nitrogens with zero attached hydrogens (tertiary/aromatic N) is 1. The van der Waals surface area contributed by atoms with Crippen LogP contribution in [0, 0.1) is 13.8 Å². The van der Waals surface area contributed by atoms with Crippen LogP contribution in [-0.4, -0.2) is 23.4 Å². The van der Waals surface area contributed by atoms with Gasteiger partial charge in [0.25, 0.3) is 5.91 Å². The molecular formula is C22H20F3N3O3S. The highest BCUT2D eigenvalue weighted by Crippen LogP contribution is 2.31. The number of carbonyl (C=O) groups is 2. The molecule has 3 rings (SSSR count). The van der Waals surface area contributed by atoms with E-state index in [1.165, 1.54) is 23.5 Å². The molecule has 2 aromatic carbocycles. The number of alkyl halides is 3. The number of amides is 2. The second-order valence-electron chi connectivity index (χ2n) is 7.10. The minimum absolute atomic E-state index is 0.102. The van der Waals surface area contributed by atoms with Gasteiger partial charge in [0.15, 0.2) is 6.61 Å². The Bertz CT molecular complexity index is 1090. The fourth-order valence-electron chi connectivity index (χ4n) is 2.87. The highest BCUT2D eigenvalue weighted by Gasteiger charge is 2.30. The molecule has 6 nitrogen and oxygen atoms in total. The summed E-state index contributed by atoms with van der Waals surface area (Å²) in [4.78, 5) is 28.2. The fourth-order valence-corrected chi connectivity index (χ4v) is 3.70. The van der Waals surface area contributed by atoms with Gasteiger partial charge < -0.3 is 4.74 Å². The molecule has 0 atom stereocenters. The quantitative estimate of drug-likeness (QED) is 0.537. The molecule has 0 bridgehead atoms. The molecule has 0 aliphatic heterocycles. The number of hydrazine groups is 1. The van der Waals surface area contributed by atoms with Crippen LogP contribution in [-0.2, 0) is 22.2 Å². The van der Waals surface area contributed by atoms with E-state index in [0.29, 0.717) is 22.0 Å². The summed E-state index contributed by atoms with van der Waals surface area (Å²) in [6.45, 7) is 3.57. The van der Waals surface area contributed by atoms with Crippen molar-refractivity contribution in [1.29, 1.82) is 0 Å². The van der Waals surface area contributed by atoms with E-state index >= 15 is 0 Å². The van der Waals surface area contributed by atoms with E-state index in [0.717, 1.165) is 23.3 Å². The van der Waals surface area contributed by atoms with Crippen molar-refractivity contribution in [3.63, 3.8) is 0 Å². The summed E-state index contributed by atoms with van der Waals surface area (Å²) in [6, 6.07) is 10.2. The number of halogens is 3. The second kappa shape index (κ2) is 9.82. The third-order valence-corrected chi connectivity index (χ3v) is 5.20. The Hall–Kier alpha value is -3.40. The van der Waals surface area contributed by atoms with Gasteiger partial charge >= 0.3 is 6.18 Å². The van der Waals surface area contributed by atoms with E-state index in [1.807, 2.05) is 19.9 Å². The largest absolute Gasteiger partial charge is 0.484 e. The number of hydrogen-bond acceptors (Lipinski definition) is 5. The molecule has 3 aromatic rings. The van der Waals surface area contributed by atoms with E-state index in [9.17, 15) is 22.8 Å². The number of hydrogen-bond donors (Lipinski definition) is 2. The summed E-state index contributed by atoms with van der Waals surface area (Å²) in [5, 5.41) is 2.13. The van der Waals surface area contributed by atoms with Crippen molar-refractivity contribution in [3.05, 3.63) is 70.2 Å². The normalized spacial score (nSPS) is 11.2. The highest BCUT2D eigenvalue weighted by molar-refractivity contribution is 7.13. The molecule has 0 unspecified atom stereocenters. The molecular weight excluding hydrogens is 443 g/mol. The molecule has 1 heterocycles. The first-order chi connectivity index (χ1) is 15.1. The van der Waals surface area contributed by atoms with Crippen LogP contribution in [0.3, 0.4) is 0 Å². The van der Waals surface area contributed by atoms with E-state index in [4.69, 9.17) is 4.74 Å². The minimum atomic E-state index is -4.40. The molecule has 0 radical (unpaired) electrons. The zero-order valence-electron chi connectivity index (χ0n) is 17.2. The average molecular weight is 463 g/mol. The van der Waals surface area contributed by atoms with Gasteiger partial charge in [0.2, 0.25) is 5.91 Å². The number of aryl methyl sites for hydroxylation is 2. The lowest BCUT2D eigenvalue weighted by Gasteiger charge is -2.09. The van der Waals surface area contributed by atoms with Gasteiger partial charge in [-0.3, -0.25) is 20.4 Å². The Morgan fingerprint density at radius 3 is 2.25 bits per heavy atom. The molecule has 2 amide bonds. The van der Waals surface area contributed by atoms with Crippen molar-refractivity contribution in [3.8, 4) is 16.3 Å². The zero-order chi connectivity index (χ0) is 23.3. The molecule has 0 saturated carbocycles. The van der Waals surface area contributed by atoms with Gasteiger partial charge in [-0.2, -0.15) is 13.2 Å². The highest BCUT2D eigenvalue weighted by atomic mass is 32.1. The van der Waals surface area contributed by atoms with Gasteiger partial charge in [-0.05, 0) is 49.2 Å². The third kappa shape index (κ3) is 6.55. The maximum atomic E-state index is 12.7. The van der Waals surface area contributed by atoms with Gasteiger partial charge in [0, 0.05) is 10.9 Å². The van der Waals surface area contributed by atoms with Crippen LogP contribution in [0.1, 0.15) is 22.4 Å². The maximum absolute atomic E-state index is 12.7. The topological polar surface area (TPSA) is 80.3 Å². The van der Waals surface area contributed by atoms with Gasteiger partial charge in [0.05, 0.1) is 17.7 Å². The lowest BCUT2D eigenvalue weighted by Crippen LogP contribution is -2.44. The summed E-state index contributed by atoms with van der Waals surface area (Å²) in [6.07, 6.45) is -4.51. The molecule has 0 fully saturated rings. The third-order valence-electron chi connectivity index (χ3n) is 4.26. The van der Waals surface area contributed by atoms with Crippen LogP contribution in [0.15, 0.2) is 47.8 Å². The minimum Gasteiger partial charge on any atom is -0.484 e. The average Bonchev–Trinajstić information content (AvgIpc) is 3.18. The van der Waals surface area contributed by atoms with Crippen LogP contribution in [0.5, 0.6) is 5.75 Å². The first-order valence-electron chi connectivity index (χ1n) is 9.51. The number of rotatable bonds is 6. The predicted molar refractivity (Wildman–Crippen MR) is 114 cm³/mol. The number of aromatic nitrogens is 1. The Balaban J connectivity index is 1.47. The van der Waals surface area contributed by atoms with Crippen LogP contribution in [0.4, 0.5) is 13.2 Å². The van der Waals surface area contributed by atoms with Crippen molar-refractivity contribution >= 4 is 23.2 Å². The van der Waals surface area contributed by atoms with Crippen LogP contribution < -0.4 is 15.6 Å². The fraction of sp³-hybridized carbons (Fsp3) is 0.227. The van der Waals surface area contributed by atoms with Crippen molar-refractivity contribution in [1.82, 2.24) is 15.8 Å². The maximum Gasteiger partial charge on any atom is 0.416 e. The predicted octanol–water partition coefficient (Wildman–Crippen LogP) is 4.21. The van der Waals surface area contributed by atoms with Gasteiger partial charge in [-0.15, -0.1) is 11.3 Å². The first kappa shape index (κ1) is 23.3. The van der Waals surface area contributed by atoms with E-state index in [2.05, 4.69) is 15.8 Å². The Morgan fingerprint density at radius 1 is 1.00 bits per heavy atom. The van der Waals surface area contributed by atoms with Crippen LogP contribution in [0.25, 0.3) is 10.6 Å². The molecule has 0 aliphatic rings. The van der Waals surface area contributed by atoms with E-state index < -0.39 is 23.6 Å². The number of thiazole rings is 1. The molecule has 32 heavy (non-hydrogen) atoms. The zero-order valence-corrected chi connectivity index (χ0v) is 18.1. The van der Waals surface area contributed by atoms with Crippen LogP contribution >= 0.6 is 11.3 Å². The van der Waals surface area contributed by atoms with Crippen molar-refractivity contribution in [2.75, 3.05) is 6.61 Å². The summed E-state index contributed by atoms with van der Waals surface area (Å²) < 4.78 is 43.4. The lowest BCUT2D eigenvalue weighted by molar-refractivity contribution is -0.137. The molecule has 2 N–H and O–H groups in total. The standard InChI is InChI=1S/C22H20F3N3O3S/c1-13-7-14(2)9-18(8-13)31-11-20(30)28-27-19(29)10-17-12-32-21(26-17)15-3-5-16(6-4-15)22(23,24)25/h3-9,12H,10-11H2,1-2H3,(H,27,29)(H,28,30). The van der Waals surface area contributed by atoms with Gasteiger partial charge in [-0.1, -0.05) is 18.2 Å². The van der Waals surface area contributed by atoms with Crippen LogP contribution in [0.2, 0.25) is 0 Å². The summed E-state index contributed by atoms with van der Waals surface area (Å²) in [5.74, 6) is -0.461. The summed E-state index contributed by atoms with van der Waals surface area (Å²) in [7, 11) is 0. The van der Waals surface area contributed by atoms with Gasteiger partial charge in [-0.25, -0.2) is 4.98 Å². The van der Waals surface area contributed by atoms with Crippen molar-refractivity contribution in [2.45, 2.75) is 26.4 Å². The number of carbonyl (C=O) groups excluding carboxylic acids is 2. The Labute approximate surface area is 186 Å².